The number of carbonyl (C=O) groups is 2. The molecule has 2 aromatic rings. The van der Waals surface area contributed by atoms with Gasteiger partial charge in [0, 0.05) is 5.69 Å². The summed E-state index contributed by atoms with van der Waals surface area (Å²) in [6.07, 6.45) is 2.27. The third-order valence-electron chi connectivity index (χ3n) is 3.92. The van der Waals surface area contributed by atoms with Gasteiger partial charge in [-0.25, -0.2) is 4.79 Å². The van der Waals surface area contributed by atoms with Crippen molar-refractivity contribution < 1.29 is 14.7 Å². The summed E-state index contributed by atoms with van der Waals surface area (Å²) in [4.78, 5) is 28.7. The molecule has 0 aliphatic heterocycles. The van der Waals surface area contributed by atoms with Gasteiger partial charge in [0.15, 0.2) is 0 Å². The molecule has 24 heavy (non-hydrogen) atoms. The van der Waals surface area contributed by atoms with Gasteiger partial charge in [0.2, 0.25) is 0 Å². The van der Waals surface area contributed by atoms with Crippen molar-refractivity contribution in [3.8, 4) is 0 Å². The van der Waals surface area contributed by atoms with Crippen LogP contribution in [0.15, 0.2) is 30.3 Å². The Balaban J connectivity index is 2.52. The third kappa shape index (κ3) is 3.79. The maximum absolute atomic E-state index is 12.8. The Labute approximate surface area is 141 Å². The summed E-state index contributed by atoms with van der Waals surface area (Å²) in [5, 5.41) is 12.4. The summed E-state index contributed by atoms with van der Waals surface area (Å²) in [6, 6.07) is 9.11. The van der Waals surface area contributed by atoms with E-state index in [1.165, 1.54) is 0 Å². The zero-order valence-electron chi connectivity index (χ0n) is 14.2. The number of amides is 1. The summed E-state index contributed by atoms with van der Waals surface area (Å²) in [6.45, 7) is 5.45. The van der Waals surface area contributed by atoms with Crippen LogP contribution in [-0.2, 0) is 6.42 Å². The number of carbonyl (C=O) groups excluding carboxylic acids is 1. The first-order valence-corrected chi connectivity index (χ1v) is 8.05. The number of aryl methyl sites for hydroxylation is 2. The SMILES string of the molecule is CCCCc1c(C(=O)O)c(C)nc(C)c1C(=O)Nc1ccccc1. The van der Waals surface area contributed by atoms with Crippen molar-refractivity contribution in [1.82, 2.24) is 4.98 Å². The predicted octanol–water partition coefficient (Wildman–Crippen LogP) is 3.99. The summed E-state index contributed by atoms with van der Waals surface area (Å²) in [7, 11) is 0. The smallest absolute Gasteiger partial charge is 0.337 e. The second-order valence-electron chi connectivity index (χ2n) is 5.74. The molecule has 2 rings (SSSR count). The van der Waals surface area contributed by atoms with Crippen molar-refractivity contribution >= 4 is 17.6 Å². The van der Waals surface area contributed by atoms with Gasteiger partial charge >= 0.3 is 5.97 Å². The number of pyridine rings is 1. The van der Waals surface area contributed by atoms with E-state index in [1.54, 1.807) is 26.0 Å². The molecule has 1 aromatic heterocycles. The molecule has 0 aliphatic carbocycles. The number of rotatable bonds is 6. The van der Waals surface area contributed by atoms with Crippen LogP contribution in [0, 0.1) is 13.8 Å². The lowest BCUT2D eigenvalue weighted by atomic mass is 9.93. The van der Waals surface area contributed by atoms with E-state index in [9.17, 15) is 14.7 Å². The summed E-state index contributed by atoms with van der Waals surface area (Å²) < 4.78 is 0. The molecule has 0 saturated heterocycles. The molecule has 5 nitrogen and oxygen atoms in total. The van der Waals surface area contributed by atoms with E-state index < -0.39 is 5.97 Å². The maximum atomic E-state index is 12.8. The Bertz CT molecular complexity index is 755. The Kier molecular flexibility index (Phi) is 5.68. The van der Waals surface area contributed by atoms with Gasteiger partial charge in [-0.05, 0) is 44.4 Å². The number of unbranched alkanes of at least 4 members (excludes halogenated alkanes) is 1. The molecule has 2 N–H and O–H groups in total. The standard InChI is InChI=1S/C19H22N2O3/c1-4-5-11-15-16(12(2)20-13(3)17(15)19(23)24)18(22)21-14-9-7-6-8-10-14/h6-10H,4-5,11H2,1-3H3,(H,21,22)(H,23,24). The maximum Gasteiger partial charge on any atom is 0.337 e. The van der Waals surface area contributed by atoms with Gasteiger partial charge in [-0.3, -0.25) is 9.78 Å². The van der Waals surface area contributed by atoms with Gasteiger partial charge in [0.1, 0.15) is 0 Å². The fraction of sp³-hybridized carbons (Fsp3) is 0.316. The number of nitrogens with zero attached hydrogens (tertiary/aromatic N) is 1. The second-order valence-corrected chi connectivity index (χ2v) is 5.74. The number of hydrogen-bond acceptors (Lipinski definition) is 3. The van der Waals surface area contributed by atoms with E-state index in [0.29, 0.717) is 34.6 Å². The van der Waals surface area contributed by atoms with E-state index in [-0.39, 0.29) is 11.5 Å². The fourth-order valence-electron chi connectivity index (χ4n) is 2.83. The number of carboxylic acids is 1. The van der Waals surface area contributed by atoms with Crippen LogP contribution < -0.4 is 5.32 Å². The van der Waals surface area contributed by atoms with Crippen molar-refractivity contribution in [1.29, 1.82) is 0 Å². The quantitative estimate of drug-likeness (QED) is 0.841. The number of aromatic nitrogens is 1. The molecule has 126 valence electrons. The predicted molar refractivity (Wildman–Crippen MR) is 93.7 cm³/mol. The van der Waals surface area contributed by atoms with Crippen LogP contribution in [-0.4, -0.2) is 22.0 Å². The van der Waals surface area contributed by atoms with Gasteiger partial charge in [0.05, 0.1) is 22.5 Å². The molecule has 0 bridgehead atoms. The van der Waals surface area contributed by atoms with Crippen LogP contribution in [0.2, 0.25) is 0 Å². The minimum absolute atomic E-state index is 0.146. The molecular formula is C19H22N2O3. The average molecular weight is 326 g/mol. The monoisotopic (exact) mass is 326 g/mol. The van der Waals surface area contributed by atoms with E-state index >= 15 is 0 Å². The first-order chi connectivity index (χ1) is 11.5. The summed E-state index contributed by atoms with van der Waals surface area (Å²) in [5.41, 5.74) is 2.76. The number of anilines is 1. The average Bonchev–Trinajstić information content (AvgIpc) is 2.52. The van der Waals surface area contributed by atoms with E-state index in [1.807, 2.05) is 25.1 Å². The normalized spacial score (nSPS) is 10.5. The van der Waals surface area contributed by atoms with Crippen LogP contribution in [0.25, 0.3) is 0 Å². The van der Waals surface area contributed by atoms with Gasteiger partial charge < -0.3 is 10.4 Å². The number of benzene rings is 1. The molecule has 5 heteroatoms. The topological polar surface area (TPSA) is 79.3 Å². The van der Waals surface area contributed by atoms with Crippen molar-refractivity contribution in [3.63, 3.8) is 0 Å². The fourth-order valence-corrected chi connectivity index (χ4v) is 2.83. The molecule has 0 spiro atoms. The number of carboxylic acid groups (broad SMARTS) is 1. The molecule has 0 fully saturated rings. The molecular weight excluding hydrogens is 304 g/mol. The van der Waals surface area contributed by atoms with E-state index in [2.05, 4.69) is 10.3 Å². The highest BCUT2D eigenvalue weighted by atomic mass is 16.4. The Morgan fingerprint density at radius 2 is 1.71 bits per heavy atom. The number of aromatic carboxylic acids is 1. The highest BCUT2D eigenvalue weighted by Gasteiger charge is 2.24. The third-order valence-corrected chi connectivity index (χ3v) is 3.92. The highest BCUT2D eigenvalue weighted by Crippen LogP contribution is 2.24. The molecule has 0 saturated carbocycles. The van der Waals surface area contributed by atoms with Crippen LogP contribution in [0.4, 0.5) is 5.69 Å². The molecule has 1 amide bonds. The summed E-state index contributed by atoms with van der Waals surface area (Å²) in [5.74, 6) is -1.36. The minimum Gasteiger partial charge on any atom is -0.478 e. The Morgan fingerprint density at radius 3 is 2.29 bits per heavy atom. The zero-order valence-corrected chi connectivity index (χ0v) is 14.2. The lowest BCUT2D eigenvalue weighted by Gasteiger charge is -2.16. The zero-order chi connectivity index (χ0) is 17.7. The van der Waals surface area contributed by atoms with Crippen LogP contribution in [0.5, 0.6) is 0 Å². The van der Waals surface area contributed by atoms with Crippen molar-refractivity contribution in [2.75, 3.05) is 5.32 Å². The molecule has 0 radical (unpaired) electrons. The molecule has 0 aliphatic rings. The molecule has 1 aromatic carbocycles. The van der Waals surface area contributed by atoms with Crippen molar-refractivity contribution in [3.05, 3.63) is 58.4 Å². The van der Waals surface area contributed by atoms with Gasteiger partial charge in [-0.15, -0.1) is 0 Å². The van der Waals surface area contributed by atoms with E-state index in [0.717, 1.165) is 12.8 Å². The van der Waals surface area contributed by atoms with Crippen LogP contribution in [0.1, 0.15) is 57.4 Å². The van der Waals surface area contributed by atoms with Crippen molar-refractivity contribution in [2.24, 2.45) is 0 Å². The number of para-hydroxylation sites is 1. The minimum atomic E-state index is -1.04. The second kappa shape index (κ2) is 7.73. The van der Waals surface area contributed by atoms with Crippen LogP contribution >= 0.6 is 0 Å². The Hall–Kier alpha value is -2.69. The van der Waals surface area contributed by atoms with Gasteiger partial charge in [0.25, 0.3) is 5.91 Å². The number of hydrogen-bond donors (Lipinski definition) is 2. The first kappa shape index (κ1) is 17.7. The van der Waals surface area contributed by atoms with Crippen molar-refractivity contribution in [2.45, 2.75) is 40.0 Å². The molecule has 0 atom stereocenters. The lowest BCUT2D eigenvalue weighted by molar-refractivity contribution is 0.0694. The molecule has 1 heterocycles. The molecule has 0 unspecified atom stereocenters. The lowest BCUT2D eigenvalue weighted by Crippen LogP contribution is -2.21. The largest absolute Gasteiger partial charge is 0.478 e. The van der Waals surface area contributed by atoms with E-state index in [4.69, 9.17) is 0 Å². The number of nitrogens with one attached hydrogen (secondary N) is 1. The Morgan fingerprint density at radius 1 is 1.08 bits per heavy atom. The van der Waals surface area contributed by atoms with Crippen LogP contribution in [0.3, 0.4) is 0 Å². The van der Waals surface area contributed by atoms with Gasteiger partial charge in [-0.2, -0.15) is 0 Å². The highest BCUT2D eigenvalue weighted by molar-refractivity contribution is 6.08. The van der Waals surface area contributed by atoms with Gasteiger partial charge in [-0.1, -0.05) is 31.5 Å². The summed E-state index contributed by atoms with van der Waals surface area (Å²) >= 11 is 0. The first-order valence-electron chi connectivity index (χ1n) is 8.05.